The number of rotatable bonds is 1. The summed E-state index contributed by atoms with van der Waals surface area (Å²) in [5, 5.41) is 0. The Balaban J connectivity index is 1.77. The third kappa shape index (κ3) is 2.58. The normalized spacial score (nSPS) is 23.0. The topological polar surface area (TPSA) is 23.6 Å². The molecule has 0 radical (unpaired) electrons. The minimum absolute atomic E-state index is 0.115. The highest BCUT2D eigenvalue weighted by atomic mass is 79.9. The first-order chi connectivity index (χ1) is 11.5. The van der Waals surface area contributed by atoms with Gasteiger partial charge in [-0.15, -0.1) is 0 Å². The lowest BCUT2D eigenvalue weighted by atomic mass is 9.88. The third-order valence-electron chi connectivity index (χ3n) is 5.26. The summed E-state index contributed by atoms with van der Waals surface area (Å²) in [6.45, 7) is 4.19. The molecule has 1 saturated heterocycles. The maximum atomic E-state index is 13.2. The summed E-state index contributed by atoms with van der Waals surface area (Å²) < 4.78 is 0.994. The molecule has 0 N–H and O–H groups in total. The van der Waals surface area contributed by atoms with Crippen LogP contribution in [0.15, 0.2) is 46.9 Å². The van der Waals surface area contributed by atoms with Crippen molar-refractivity contribution in [2.75, 3.05) is 25.0 Å². The van der Waals surface area contributed by atoms with E-state index in [9.17, 15) is 4.79 Å². The Labute approximate surface area is 151 Å². The zero-order valence-corrected chi connectivity index (χ0v) is 15.6. The van der Waals surface area contributed by atoms with E-state index in [-0.39, 0.29) is 11.9 Å². The molecule has 0 saturated carbocycles. The van der Waals surface area contributed by atoms with E-state index >= 15 is 0 Å². The number of hydrogen-bond donors (Lipinski definition) is 0. The van der Waals surface area contributed by atoms with Crippen LogP contribution < -0.4 is 4.90 Å². The number of carbonyl (C=O) groups excluding carboxylic acids is 1. The van der Waals surface area contributed by atoms with Crippen molar-refractivity contribution in [3.63, 3.8) is 0 Å². The number of aryl methyl sites for hydroxylation is 1. The van der Waals surface area contributed by atoms with E-state index in [1.807, 2.05) is 24.3 Å². The monoisotopic (exact) mass is 384 g/mol. The molecule has 2 aromatic rings. The van der Waals surface area contributed by atoms with E-state index in [1.165, 1.54) is 11.1 Å². The maximum absolute atomic E-state index is 13.2. The van der Waals surface area contributed by atoms with E-state index in [4.69, 9.17) is 0 Å². The fourth-order valence-electron chi connectivity index (χ4n) is 4.08. The van der Waals surface area contributed by atoms with Crippen LogP contribution in [-0.4, -0.2) is 37.0 Å². The highest BCUT2D eigenvalue weighted by Crippen LogP contribution is 2.45. The number of likely N-dealkylation sites (tertiary alicyclic amines) is 1. The average molecular weight is 385 g/mol. The summed E-state index contributed by atoms with van der Waals surface area (Å²) >= 11 is 3.44. The van der Waals surface area contributed by atoms with E-state index < -0.39 is 0 Å². The van der Waals surface area contributed by atoms with Gasteiger partial charge in [0.25, 0.3) is 5.91 Å². The molecular weight excluding hydrogens is 364 g/mol. The molecule has 4 heteroatoms. The smallest absolute Gasteiger partial charge is 0.258 e. The number of piperidine rings is 1. The Morgan fingerprint density at radius 1 is 1.17 bits per heavy atom. The van der Waals surface area contributed by atoms with Crippen molar-refractivity contribution in [1.82, 2.24) is 4.90 Å². The first-order valence-electron chi connectivity index (χ1n) is 8.43. The van der Waals surface area contributed by atoms with Crippen molar-refractivity contribution in [2.24, 2.45) is 0 Å². The van der Waals surface area contributed by atoms with Crippen LogP contribution in [-0.2, 0) is 0 Å². The Hall–Kier alpha value is -1.65. The summed E-state index contributed by atoms with van der Waals surface area (Å²) in [6.07, 6.45) is 1.02. The van der Waals surface area contributed by atoms with Gasteiger partial charge in [-0.2, -0.15) is 0 Å². The molecule has 1 fully saturated rings. The molecule has 2 atom stereocenters. The van der Waals surface area contributed by atoms with Crippen molar-refractivity contribution in [2.45, 2.75) is 25.3 Å². The quantitative estimate of drug-likeness (QED) is 0.735. The van der Waals surface area contributed by atoms with Crippen LogP contribution in [0.25, 0.3) is 0 Å². The van der Waals surface area contributed by atoms with Gasteiger partial charge in [-0.25, -0.2) is 0 Å². The predicted octanol–water partition coefficient (Wildman–Crippen LogP) is 4.21. The molecule has 1 amide bonds. The van der Waals surface area contributed by atoms with Crippen molar-refractivity contribution in [3.05, 3.63) is 63.6 Å². The van der Waals surface area contributed by atoms with Crippen LogP contribution in [0.1, 0.15) is 33.8 Å². The van der Waals surface area contributed by atoms with Gasteiger partial charge in [0.15, 0.2) is 0 Å². The summed E-state index contributed by atoms with van der Waals surface area (Å²) in [6, 6.07) is 14.5. The summed E-state index contributed by atoms with van der Waals surface area (Å²) in [7, 11) is 2.17. The highest BCUT2D eigenvalue weighted by Gasteiger charge is 2.43. The molecule has 0 aromatic heterocycles. The third-order valence-corrected chi connectivity index (χ3v) is 5.79. The van der Waals surface area contributed by atoms with Gasteiger partial charge in [0.05, 0.1) is 0 Å². The van der Waals surface area contributed by atoms with Gasteiger partial charge in [-0.1, -0.05) is 33.6 Å². The van der Waals surface area contributed by atoms with E-state index in [0.717, 1.165) is 35.2 Å². The van der Waals surface area contributed by atoms with Crippen LogP contribution in [0.5, 0.6) is 0 Å². The molecule has 0 aliphatic carbocycles. The number of benzene rings is 2. The van der Waals surface area contributed by atoms with Crippen LogP contribution >= 0.6 is 15.9 Å². The van der Waals surface area contributed by atoms with Crippen molar-refractivity contribution >= 4 is 27.5 Å². The summed E-state index contributed by atoms with van der Waals surface area (Å²) in [5.41, 5.74) is 4.44. The minimum atomic E-state index is 0.115. The predicted molar refractivity (Wildman–Crippen MR) is 101 cm³/mol. The number of hydrogen-bond acceptors (Lipinski definition) is 2. The standard InChI is InChI=1S/C20H21BrN2O/c1-13-3-8-18-16(11-13)17-12-22(2)10-9-19(17)23(18)20(24)14-4-6-15(21)7-5-14/h3-8,11,17,19H,9-10,12H2,1-2H3/t17-,19-/m0/s1. The molecule has 3 nitrogen and oxygen atoms in total. The number of fused-ring (bicyclic) bond motifs is 3. The lowest BCUT2D eigenvalue weighted by molar-refractivity contribution is 0.0964. The summed E-state index contributed by atoms with van der Waals surface area (Å²) in [4.78, 5) is 17.7. The molecule has 2 heterocycles. The second-order valence-corrected chi connectivity index (χ2v) is 7.88. The molecule has 124 valence electrons. The van der Waals surface area contributed by atoms with Crippen LogP contribution in [0, 0.1) is 6.92 Å². The molecule has 24 heavy (non-hydrogen) atoms. The number of nitrogens with zero attached hydrogens (tertiary/aromatic N) is 2. The summed E-state index contributed by atoms with van der Waals surface area (Å²) in [5.74, 6) is 0.530. The number of anilines is 1. The number of likely N-dealkylation sites (N-methyl/N-ethyl adjacent to an activating group) is 1. The zero-order valence-electron chi connectivity index (χ0n) is 14.0. The highest BCUT2D eigenvalue weighted by molar-refractivity contribution is 9.10. The van der Waals surface area contributed by atoms with E-state index in [1.54, 1.807) is 0 Å². The molecule has 2 aliphatic heterocycles. The second kappa shape index (κ2) is 6.01. The molecule has 2 aliphatic rings. The maximum Gasteiger partial charge on any atom is 0.258 e. The molecule has 0 unspecified atom stereocenters. The van der Waals surface area contributed by atoms with Crippen molar-refractivity contribution < 1.29 is 4.79 Å². The zero-order chi connectivity index (χ0) is 16.8. The Bertz CT molecular complexity index is 787. The fraction of sp³-hybridized carbons (Fsp3) is 0.350. The first-order valence-corrected chi connectivity index (χ1v) is 9.22. The van der Waals surface area contributed by atoms with E-state index in [2.05, 4.69) is 57.9 Å². The number of amides is 1. The fourth-order valence-corrected chi connectivity index (χ4v) is 4.34. The SMILES string of the molecule is Cc1ccc2c(c1)[C@@H]1CN(C)CC[C@@H]1N2C(=O)c1ccc(Br)cc1. The van der Waals surface area contributed by atoms with Gasteiger partial charge in [0.2, 0.25) is 0 Å². The lowest BCUT2D eigenvalue weighted by Gasteiger charge is -2.36. The van der Waals surface area contributed by atoms with E-state index in [0.29, 0.717) is 5.92 Å². The molecule has 0 spiro atoms. The van der Waals surface area contributed by atoms with Gasteiger partial charge in [0, 0.05) is 34.2 Å². The molecular formula is C20H21BrN2O. The Morgan fingerprint density at radius 2 is 1.92 bits per heavy atom. The molecule has 0 bridgehead atoms. The van der Waals surface area contributed by atoms with Gasteiger partial charge in [0.1, 0.15) is 0 Å². The largest absolute Gasteiger partial charge is 0.306 e. The lowest BCUT2D eigenvalue weighted by Crippen LogP contribution is -2.47. The van der Waals surface area contributed by atoms with Gasteiger partial charge in [-0.3, -0.25) is 4.79 Å². The average Bonchev–Trinajstić information content (AvgIpc) is 2.88. The van der Waals surface area contributed by atoms with Crippen molar-refractivity contribution in [3.8, 4) is 0 Å². The van der Waals surface area contributed by atoms with Crippen LogP contribution in [0.4, 0.5) is 5.69 Å². The first kappa shape index (κ1) is 15.9. The second-order valence-electron chi connectivity index (χ2n) is 6.97. The van der Waals surface area contributed by atoms with Gasteiger partial charge in [-0.05, 0) is 62.8 Å². The van der Waals surface area contributed by atoms with Gasteiger partial charge < -0.3 is 9.80 Å². The van der Waals surface area contributed by atoms with Crippen LogP contribution in [0.2, 0.25) is 0 Å². The Morgan fingerprint density at radius 3 is 2.67 bits per heavy atom. The van der Waals surface area contributed by atoms with Gasteiger partial charge >= 0.3 is 0 Å². The molecule has 2 aromatic carbocycles. The molecule has 4 rings (SSSR count). The Kier molecular flexibility index (Phi) is 3.97. The minimum Gasteiger partial charge on any atom is -0.306 e. The van der Waals surface area contributed by atoms with Crippen molar-refractivity contribution in [1.29, 1.82) is 0 Å². The number of carbonyl (C=O) groups is 1. The van der Waals surface area contributed by atoms with Crippen LogP contribution in [0.3, 0.4) is 0 Å². The number of halogens is 1.